The summed E-state index contributed by atoms with van der Waals surface area (Å²) in [4.78, 5) is 21.5. The highest BCUT2D eigenvalue weighted by molar-refractivity contribution is 9.10. The third-order valence-corrected chi connectivity index (χ3v) is 2.45. The highest BCUT2D eigenvalue weighted by Gasteiger charge is 2.11. The van der Waals surface area contributed by atoms with Crippen molar-refractivity contribution in [3.8, 4) is 0 Å². The zero-order valence-electron chi connectivity index (χ0n) is 8.17. The molecule has 0 aliphatic rings. The van der Waals surface area contributed by atoms with E-state index in [2.05, 4.69) is 21.2 Å². The van der Waals surface area contributed by atoms with E-state index >= 15 is 0 Å². The van der Waals surface area contributed by atoms with Gasteiger partial charge in [0.1, 0.15) is 5.82 Å². The summed E-state index contributed by atoms with van der Waals surface area (Å²) in [6, 6.07) is 4.28. The van der Waals surface area contributed by atoms with Gasteiger partial charge in [0.15, 0.2) is 0 Å². The van der Waals surface area contributed by atoms with Gasteiger partial charge < -0.3 is 10.4 Å². The molecule has 0 heterocycles. The van der Waals surface area contributed by atoms with Crippen LogP contribution in [0.15, 0.2) is 22.7 Å². The zero-order valence-corrected chi connectivity index (χ0v) is 9.75. The van der Waals surface area contributed by atoms with Gasteiger partial charge in [-0.25, -0.2) is 4.39 Å². The summed E-state index contributed by atoms with van der Waals surface area (Å²) in [7, 11) is 0. The number of rotatable bonds is 4. The van der Waals surface area contributed by atoms with Crippen molar-refractivity contribution in [3.05, 3.63) is 28.5 Å². The minimum atomic E-state index is -1.07. The number of carboxylic acids is 1. The lowest BCUT2D eigenvalue weighted by Crippen LogP contribution is -2.14. The van der Waals surface area contributed by atoms with E-state index in [1.54, 1.807) is 6.07 Å². The molecule has 1 amide bonds. The number of halogens is 2. The SMILES string of the molecule is O=C(O)CCC(=O)Nc1c(F)cccc1Br. The number of benzene rings is 1. The minimum Gasteiger partial charge on any atom is -0.481 e. The molecule has 4 nitrogen and oxygen atoms in total. The molecule has 1 aromatic carbocycles. The molecule has 0 saturated carbocycles. The van der Waals surface area contributed by atoms with Gasteiger partial charge in [-0.15, -0.1) is 0 Å². The summed E-state index contributed by atoms with van der Waals surface area (Å²) in [5, 5.41) is 10.7. The fourth-order valence-corrected chi connectivity index (χ4v) is 1.48. The van der Waals surface area contributed by atoms with Crippen LogP contribution in [0, 0.1) is 5.82 Å². The van der Waals surface area contributed by atoms with Gasteiger partial charge in [-0.1, -0.05) is 6.07 Å². The Hall–Kier alpha value is -1.43. The molecule has 0 unspecified atom stereocenters. The fourth-order valence-electron chi connectivity index (χ4n) is 1.04. The van der Waals surface area contributed by atoms with E-state index in [4.69, 9.17) is 5.11 Å². The maximum absolute atomic E-state index is 13.2. The largest absolute Gasteiger partial charge is 0.481 e. The van der Waals surface area contributed by atoms with Gasteiger partial charge in [-0.3, -0.25) is 9.59 Å². The highest BCUT2D eigenvalue weighted by atomic mass is 79.9. The Balaban J connectivity index is 2.66. The molecule has 0 saturated heterocycles. The van der Waals surface area contributed by atoms with Crippen LogP contribution in [0.5, 0.6) is 0 Å². The first kappa shape index (κ1) is 12.6. The molecule has 0 bridgehead atoms. The van der Waals surface area contributed by atoms with Crippen LogP contribution < -0.4 is 5.32 Å². The predicted molar refractivity (Wildman–Crippen MR) is 59.6 cm³/mol. The molecule has 0 atom stereocenters. The first-order valence-corrected chi connectivity index (χ1v) is 5.25. The number of carbonyl (C=O) groups excluding carboxylic acids is 1. The Morgan fingerprint density at radius 3 is 2.62 bits per heavy atom. The number of para-hydroxylation sites is 1. The molecule has 0 aliphatic carbocycles. The third-order valence-electron chi connectivity index (χ3n) is 1.79. The topological polar surface area (TPSA) is 66.4 Å². The molecule has 0 aromatic heterocycles. The Morgan fingerprint density at radius 2 is 2.06 bits per heavy atom. The van der Waals surface area contributed by atoms with Crippen molar-refractivity contribution < 1.29 is 19.1 Å². The van der Waals surface area contributed by atoms with Crippen LogP contribution >= 0.6 is 15.9 Å². The summed E-state index contributed by atoms with van der Waals surface area (Å²) in [5.74, 6) is -2.17. The maximum atomic E-state index is 13.2. The van der Waals surface area contributed by atoms with Crippen LogP contribution in [-0.2, 0) is 9.59 Å². The van der Waals surface area contributed by atoms with Gasteiger partial charge in [-0.2, -0.15) is 0 Å². The van der Waals surface area contributed by atoms with Crippen molar-refractivity contribution in [2.45, 2.75) is 12.8 Å². The second-order valence-corrected chi connectivity index (χ2v) is 3.89. The zero-order chi connectivity index (χ0) is 12.1. The second-order valence-electron chi connectivity index (χ2n) is 3.04. The lowest BCUT2D eigenvalue weighted by molar-refractivity contribution is -0.138. The van der Waals surface area contributed by atoms with Gasteiger partial charge in [0, 0.05) is 10.9 Å². The summed E-state index contributed by atoms with van der Waals surface area (Å²) < 4.78 is 13.7. The average molecular weight is 290 g/mol. The number of carbonyl (C=O) groups is 2. The van der Waals surface area contributed by atoms with E-state index in [1.807, 2.05) is 0 Å². The molecule has 86 valence electrons. The molecule has 6 heteroatoms. The van der Waals surface area contributed by atoms with Gasteiger partial charge in [0.05, 0.1) is 12.1 Å². The number of hydrogen-bond donors (Lipinski definition) is 2. The van der Waals surface area contributed by atoms with Crippen molar-refractivity contribution in [1.82, 2.24) is 0 Å². The quantitative estimate of drug-likeness (QED) is 0.894. The van der Waals surface area contributed by atoms with Crippen LogP contribution in [0.1, 0.15) is 12.8 Å². The van der Waals surface area contributed by atoms with Gasteiger partial charge >= 0.3 is 5.97 Å². The lowest BCUT2D eigenvalue weighted by Gasteiger charge is -2.07. The molecule has 1 aromatic rings. The van der Waals surface area contributed by atoms with Crippen LogP contribution in [0.25, 0.3) is 0 Å². The summed E-state index contributed by atoms with van der Waals surface area (Å²) in [6.07, 6.45) is -0.464. The fraction of sp³-hybridized carbons (Fsp3) is 0.200. The number of carboxylic acid groups (broad SMARTS) is 1. The number of amides is 1. The molecule has 0 aliphatic heterocycles. The van der Waals surface area contributed by atoms with E-state index in [0.717, 1.165) is 0 Å². The number of hydrogen-bond acceptors (Lipinski definition) is 2. The number of aliphatic carboxylic acids is 1. The number of anilines is 1. The standard InChI is InChI=1S/C10H9BrFNO3/c11-6-2-1-3-7(12)10(6)13-8(14)4-5-9(15)16/h1-3H,4-5H2,(H,13,14)(H,15,16). The number of nitrogens with one attached hydrogen (secondary N) is 1. The molecule has 0 fully saturated rings. The van der Waals surface area contributed by atoms with E-state index < -0.39 is 17.7 Å². The molecule has 0 radical (unpaired) electrons. The molecule has 1 rings (SSSR count). The first-order chi connectivity index (χ1) is 7.50. The van der Waals surface area contributed by atoms with Crippen molar-refractivity contribution in [2.75, 3.05) is 5.32 Å². The van der Waals surface area contributed by atoms with Crippen LogP contribution in [0.4, 0.5) is 10.1 Å². The molecule has 0 spiro atoms. The van der Waals surface area contributed by atoms with Crippen molar-refractivity contribution >= 4 is 33.5 Å². The van der Waals surface area contributed by atoms with Crippen molar-refractivity contribution in [1.29, 1.82) is 0 Å². The Kier molecular flexibility index (Phi) is 4.42. The Bertz CT molecular complexity index is 402. The second kappa shape index (κ2) is 5.60. The van der Waals surface area contributed by atoms with E-state index in [0.29, 0.717) is 4.47 Å². The maximum Gasteiger partial charge on any atom is 0.303 e. The van der Waals surface area contributed by atoms with E-state index in [1.165, 1.54) is 12.1 Å². The highest BCUT2D eigenvalue weighted by Crippen LogP contribution is 2.25. The summed E-state index contributed by atoms with van der Waals surface area (Å²) >= 11 is 3.08. The first-order valence-electron chi connectivity index (χ1n) is 4.46. The van der Waals surface area contributed by atoms with Crippen LogP contribution in [-0.4, -0.2) is 17.0 Å². The molecular formula is C10H9BrFNO3. The van der Waals surface area contributed by atoms with Crippen LogP contribution in [0.2, 0.25) is 0 Å². The molecule has 16 heavy (non-hydrogen) atoms. The average Bonchev–Trinajstić information content (AvgIpc) is 2.21. The Morgan fingerprint density at radius 1 is 1.38 bits per heavy atom. The Labute approximate surface area is 99.6 Å². The third kappa shape index (κ3) is 3.62. The monoisotopic (exact) mass is 289 g/mol. The van der Waals surface area contributed by atoms with Gasteiger partial charge in [-0.05, 0) is 28.1 Å². The normalized spacial score (nSPS) is 9.88. The summed E-state index contributed by atoms with van der Waals surface area (Å²) in [5.41, 5.74) is 0.0258. The predicted octanol–water partition coefficient (Wildman–Crippen LogP) is 2.39. The van der Waals surface area contributed by atoms with E-state index in [9.17, 15) is 14.0 Å². The van der Waals surface area contributed by atoms with Crippen molar-refractivity contribution in [3.63, 3.8) is 0 Å². The van der Waals surface area contributed by atoms with Crippen LogP contribution in [0.3, 0.4) is 0 Å². The van der Waals surface area contributed by atoms with Gasteiger partial charge in [0.2, 0.25) is 5.91 Å². The van der Waals surface area contributed by atoms with Gasteiger partial charge in [0.25, 0.3) is 0 Å². The molecule has 2 N–H and O–H groups in total. The summed E-state index contributed by atoms with van der Waals surface area (Å²) in [6.45, 7) is 0. The van der Waals surface area contributed by atoms with E-state index in [-0.39, 0.29) is 18.5 Å². The lowest BCUT2D eigenvalue weighted by atomic mass is 10.2. The smallest absolute Gasteiger partial charge is 0.303 e. The molecular weight excluding hydrogens is 281 g/mol. The van der Waals surface area contributed by atoms with Crippen molar-refractivity contribution in [2.24, 2.45) is 0 Å². The minimum absolute atomic E-state index is 0.0258.